The fraction of sp³-hybridized carbons (Fsp3) is 0.833. The lowest BCUT2D eigenvalue weighted by molar-refractivity contribution is 0.169. The van der Waals surface area contributed by atoms with Crippen LogP contribution in [0.1, 0.15) is 0 Å². The van der Waals surface area contributed by atoms with Gasteiger partial charge in [-0.2, -0.15) is 0 Å². The number of rotatable bonds is 1. The molecule has 1 rings (SSSR count). The highest BCUT2D eigenvalue weighted by Crippen LogP contribution is 2.00. The predicted octanol–water partition coefficient (Wildman–Crippen LogP) is -1.70. The van der Waals surface area contributed by atoms with Crippen LogP contribution in [0.15, 0.2) is 0 Å². The van der Waals surface area contributed by atoms with Crippen LogP contribution in [-0.2, 0) is 0 Å². The Morgan fingerprint density at radius 3 is 2.91 bits per heavy atom. The van der Waals surface area contributed by atoms with E-state index in [1.165, 1.54) is 0 Å². The van der Waals surface area contributed by atoms with Crippen molar-refractivity contribution in [1.82, 2.24) is 10.2 Å². The highest BCUT2D eigenvalue weighted by molar-refractivity contribution is 5.72. The van der Waals surface area contributed by atoms with Crippen LogP contribution < -0.4 is 16.8 Å². The Hall–Kier alpha value is -0.810. The molecule has 0 aromatic rings. The third-order valence-electron chi connectivity index (χ3n) is 1.91. The first-order valence-electron chi connectivity index (χ1n) is 3.72. The van der Waals surface area contributed by atoms with E-state index in [1.807, 2.05) is 0 Å². The molecule has 0 aromatic heterocycles. The summed E-state index contributed by atoms with van der Waals surface area (Å²) in [4.78, 5) is 12.4. The van der Waals surface area contributed by atoms with Gasteiger partial charge in [-0.25, -0.2) is 4.79 Å². The molecule has 0 aromatic carbocycles. The first-order valence-corrected chi connectivity index (χ1v) is 3.72. The van der Waals surface area contributed by atoms with Crippen molar-refractivity contribution in [2.75, 3.05) is 26.2 Å². The number of carbonyl (C=O) groups is 1. The lowest BCUT2D eigenvalue weighted by Gasteiger charge is -2.33. The first-order chi connectivity index (χ1) is 5.25. The third-order valence-corrected chi connectivity index (χ3v) is 1.91. The normalized spacial score (nSPS) is 25.2. The lowest BCUT2D eigenvalue weighted by Crippen LogP contribution is -2.57. The maximum atomic E-state index is 10.8. The zero-order valence-electron chi connectivity index (χ0n) is 6.42. The van der Waals surface area contributed by atoms with Gasteiger partial charge in [0.1, 0.15) is 0 Å². The number of nitrogens with zero attached hydrogens (tertiary/aromatic N) is 1. The Morgan fingerprint density at radius 1 is 1.73 bits per heavy atom. The molecule has 11 heavy (non-hydrogen) atoms. The van der Waals surface area contributed by atoms with E-state index in [0.29, 0.717) is 13.1 Å². The highest BCUT2D eigenvalue weighted by atomic mass is 16.2. The van der Waals surface area contributed by atoms with Gasteiger partial charge in [-0.3, -0.25) is 0 Å². The van der Waals surface area contributed by atoms with E-state index in [1.54, 1.807) is 4.90 Å². The summed E-state index contributed by atoms with van der Waals surface area (Å²) in [6.45, 7) is 2.69. The molecule has 1 unspecified atom stereocenters. The molecule has 1 atom stereocenters. The van der Waals surface area contributed by atoms with Gasteiger partial charge in [0.05, 0.1) is 6.04 Å². The molecule has 0 radical (unpaired) electrons. The number of amides is 2. The monoisotopic (exact) mass is 158 g/mol. The first kappa shape index (κ1) is 8.29. The van der Waals surface area contributed by atoms with E-state index < -0.39 is 0 Å². The van der Waals surface area contributed by atoms with Crippen LogP contribution >= 0.6 is 0 Å². The zero-order chi connectivity index (χ0) is 8.27. The van der Waals surface area contributed by atoms with Crippen LogP contribution in [0.4, 0.5) is 4.79 Å². The minimum atomic E-state index is -0.373. The van der Waals surface area contributed by atoms with Crippen LogP contribution in [0, 0.1) is 0 Å². The maximum absolute atomic E-state index is 10.8. The van der Waals surface area contributed by atoms with Gasteiger partial charge < -0.3 is 21.7 Å². The minimum absolute atomic E-state index is 0.0706. The van der Waals surface area contributed by atoms with E-state index in [9.17, 15) is 4.79 Å². The second kappa shape index (κ2) is 3.54. The Kier molecular flexibility index (Phi) is 2.67. The number of nitrogens with two attached hydrogens (primary N) is 2. The average molecular weight is 158 g/mol. The fourth-order valence-corrected chi connectivity index (χ4v) is 1.26. The van der Waals surface area contributed by atoms with Crippen molar-refractivity contribution in [2.45, 2.75) is 6.04 Å². The molecule has 5 heteroatoms. The molecule has 1 heterocycles. The molecule has 2 amide bonds. The number of carbonyl (C=O) groups excluding carboxylic acids is 1. The molecular formula is C6H14N4O. The number of nitrogens with one attached hydrogen (secondary N) is 1. The Balaban J connectivity index is 2.51. The molecular weight excluding hydrogens is 144 g/mol. The Morgan fingerprint density at radius 2 is 2.45 bits per heavy atom. The molecule has 0 spiro atoms. The van der Waals surface area contributed by atoms with Gasteiger partial charge in [0, 0.05) is 26.2 Å². The van der Waals surface area contributed by atoms with E-state index in [2.05, 4.69) is 5.32 Å². The van der Waals surface area contributed by atoms with Crippen molar-refractivity contribution in [3.8, 4) is 0 Å². The topological polar surface area (TPSA) is 84.4 Å². The predicted molar refractivity (Wildman–Crippen MR) is 42.0 cm³/mol. The number of hydrogen-bond donors (Lipinski definition) is 3. The molecule has 1 fully saturated rings. The average Bonchev–Trinajstić information content (AvgIpc) is 2.04. The number of urea groups is 1. The van der Waals surface area contributed by atoms with Crippen molar-refractivity contribution in [1.29, 1.82) is 0 Å². The van der Waals surface area contributed by atoms with Crippen LogP contribution in [-0.4, -0.2) is 43.2 Å². The van der Waals surface area contributed by atoms with E-state index in [-0.39, 0.29) is 12.1 Å². The minimum Gasteiger partial charge on any atom is -0.351 e. The van der Waals surface area contributed by atoms with Gasteiger partial charge in [-0.1, -0.05) is 0 Å². The fourth-order valence-electron chi connectivity index (χ4n) is 1.26. The quantitative estimate of drug-likeness (QED) is 0.425. The molecule has 1 aliphatic heterocycles. The van der Waals surface area contributed by atoms with Gasteiger partial charge >= 0.3 is 6.03 Å². The molecule has 64 valence electrons. The summed E-state index contributed by atoms with van der Waals surface area (Å²) in [5.74, 6) is 0. The number of hydrogen-bond acceptors (Lipinski definition) is 3. The van der Waals surface area contributed by atoms with E-state index in [4.69, 9.17) is 11.5 Å². The highest BCUT2D eigenvalue weighted by Gasteiger charge is 2.22. The van der Waals surface area contributed by atoms with Crippen molar-refractivity contribution in [2.24, 2.45) is 11.5 Å². The Labute approximate surface area is 65.7 Å². The van der Waals surface area contributed by atoms with Crippen molar-refractivity contribution in [3.05, 3.63) is 0 Å². The standard InChI is InChI=1S/C6H14N4O/c7-3-5-4-9-1-2-10(5)6(8)11/h5,9H,1-4,7H2,(H2,8,11). The second-order valence-corrected chi connectivity index (χ2v) is 2.63. The summed E-state index contributed by atoms with van der Waals surface area (Å²) in [6.07, 6.45) is 0. The lowest BCUT2D eigenvalue weighted by atomic mass is 10.2. The van der Waals surface area contributed by atoms with Gasteiger partial charge in [0.2, 0.25) is 0 Å². The van der Waals surface area contributed by atoms with Crippen LogP contribution in [0.25, 0.3) is 0 Å². The van der Waals surface area contributed by atoms with E-state index >= 15 is 0 Å². The molecule has 1 aliphatic rings. The summed E-state index contributed by atoms with van der Waals surface area (Å²) < 4.78 is 0. The summed E-state index contributed by atoms with van der Waals surface area (Å²) in [5, 5.41) is 3.14. The van der Waals surface area contributed by atoms with Crippen LogP contribution in [0.3, 0.4) is 0 Å². The smallest absolute Gasteiger partial charge is 0.315 e. The second-order valence-electron chi connectivity index (χ2n) is 2.63. The van der Waals surface area contributed by atoms with Gasteiger partial charge in [0.15, 0.2) is 0 Å². The van der Waals surface area contributed by atoms with Crippen LogP contribution in [0.5, 0.6) is 0 Å². The van der Waals surface area contributed by atoms with Crippen LogP contribution in [0.2, 0.25) is 0 Å². The van der Waals surface area contributed by atoms with Crippen molar-refractivity contribution < 1.29 is 4.79 Å². The number of piperazine rings is 1. The summed E-state index contributed by atoms with van der Waals surface area (Å²) in [6, 6.07) is -0.303. The van der Waals surface area contributed by atoms with Gasteiger partial charge in [-0.15, -0.1) is 0 Å². The number of primary amides is 1. The van der Waals surface area contributed by atoms with Gasteiger partial charge in [0.25, 0.3) is 0 Å². The summed E-state index contributed by atoms with van der Waals surface area (Å²) in [7, 11) is 0. The SMILES string of the molecule is NCC1CNCCN1C(N)=O. The zero-order valence-corrected chi connectivity index (χ0v) is 6.42. The van der Waals surface area contributed by atoms with Gasteiger partial charge in [-0.05, 0) is 0 Å². The summed E-state index contributed by atoms with van der Waals surface area (Å²) >= 11 is 0. The van der Waals surface area contributed by atoms with Crippen molar-refractivity contribution in [3.63, 3.8) is 0 Å². The van der Waals surface area contributed by atoms with E-state index in [0.717, 1.165) is 13.1 Å². The third kappa shape index (κ3) is 1.81. The largest absolute Gasteiger partial charge is 0.351 e. The molecule has 0 aliphatic carbocycles. The molecule has 1 saturated heterocycles. The molecule has 0 saturated carbocycles. The Bertz CT molecular complexity index is 150. The molecule has 5 nitrogen and oxygen atoms in total. The van der Waals surface area contributed by atoms with Crippen molar-refractivity contribution >= 4 is 6.03 Å². The molecule has 0 bridgehead atoms. The summed E-state index contributed by atoms with van der Waals surface area (Å²) in [5.41, 5.74) is 10.6. The molecule has 5 N–H and O–H groups in total. The maximum Gasteiger partial charge on any atom is 0.315 e.